The van der Waals surface area contributed by atoms with Gasteiger partial charge in [-0.05, 0) is 13.0 Å². The minimum Gasteiger partial charge on any atom is -0.461 e. The van der Waals surface area contributed by atoms with Crippen molar-refractivity contribution >= 4 is 23.4 Å². The fourth-order valence-electron chi connectivity index (χ4n) is 1.68. The number of rotatable bonds is 2. The molecule has 0 aliphatic carbocycles. The first-order valence-corrected chi connectivity index (χ1v) is 6.24. The van der Waals surface area contributed by atoms with Crippen LogP contribution in [-0.2, 0) is 14.4 Å². The summed E-state index contributed by atoms with van der Waals surface area (Å²) in [4.78, 5) is 15.6. The van der Waals surface area contributed by atoms with Crippen LogP contribution in [0.15, 0.2) is 16.1 Å². The number of fused-ring (bicyclic) bond motifs is 1. The Hall–Kier alpha value is -1.18. The monoisotopic (exact) mass is 281 g/mol. The molecule has 0 saturated carbocycles. The van der Waals surface area contributed by atoms with Gasteiger partial charge >= 0.3 is 12.1 Å². The molecule has 100 valence electrons. The van der Waals surface area contributed by atoms with Crippen LogP contribution in [0.3, 0.4) is 0 Å². The first-order chi connectivity index (χ1) is 8.43. The summed E-state index contributed by atoms with van der Waals surface area (Å²) in [5.74, 6) is -0.997. The van der Waals surface area contributed by atoms with Gasteiger partial charge < -0.3 is 9.57 Å². The second-order valence-electron chi connectivity index (χ2n) is 3.71. The van der Waals surface area contributed by atoms with Crippen LogP contribution in [0.1, 0.15) is 6.92 Å². The molecule has 4 nitrogen and oxygen atoms in total. The number of carbonyl (C=O) groups excluding carboxylic acids is 1. The number of esters is 1. The fourth-order valence-corrected chi connectivity index (χ4v) is 2.78. The van der Waals surface area contributed by atoms with Crippen LogP contribution in [0.2, 0.25) is 0 Å². The van der Waals surface area contributed by atoms with E-state index in [4.69, 9.17) is 9.57 Å². The van der Waals surface area contributed by atoms with Crippen LogP contribution >= 0.6 is 11.8 Å². The van der Waals surface area contributed by atoms with Crippen molar-refractivity contribution in [2.45, 2.75) is 19.2 Å². The van der Waals surface area contributed by atoms with Crippen molar-refractivity contribution in [3.8, 4) is 0 Å². The molecular weight excluding hydrogens is 271 g/mol. The highest BCUT2D eigenvalue weighted by atomic mass is 32.2. The number of hydrogen-bond donors (Lipinski definition) is 0. The van der Waals surface area contributed by atoms with E-state index in [-0.39, 0.29) is 18.1 Å². The molecular formula is C10H10F3NO3S. The summed E-state index contributed by atoms with van der Waals surface area (Å²) in [5, 5.41) is 3.53. The highest BCUT2D eigenvalue weighted by Crippen LogP contribution is 2.42. The van der Waals surface area contributed by atoms with E-state index in [2.05, 4.69) is 5.16 Å². The number of alkyl halides is 3. The van der Waals surface area contributed by atoms with Gasteiger partial charge in [0.25, 0.3) is 0 Å². The molecule has 2 atom stereocenters. The number of thioether (sulfide) groups is 1. The van der Waals surface area contributed by atoms with E-state index in [1.54, 1.807) is 6.92 Å². The summed E-state index contributed by atoms with van der Waals surface area (Å²) >= 11 is 0.653. The maximum atomic E-state index is 12.5. The molecule has 0 unspecified atom stereocenters. The van der Waals surface area contributed by atoms with Gasteiger partial charge in [0.15, 0.2) is 11.8 Å². The largest absolute Gasteiger partial charge is 0.461 e. The van der Waals surface area contributed by atoms with Gasteiger partial charge in [-0.3, -0.25) is 0 Å². The van der Waals surface area contributed by atoms with E-state index < -0.39 is 29.1 Å². The Balaban J connectivity index is 2.11. The lowest BCUT2D eigenvalue weighted by Crippen LogP contribution is -2.34. The van der Waals surface area contributed by atoms with Gasteiger partial charge in [0.1, 0.15) is 0 Å². The molecule has 0 N–H and O–H groups in total. The third kappa shape index (κ3) is 2.47. The summed E-state index contributed by atoms with van der Waals surface area (Å²) in [6.45, 7) is 1.83. The first-order valence-electron chi connectivity index (χ1n) is 5.26. The lowest BCUT2D eigenvalue weighted by Gasteiger charge is -2.23. The second-order valence-corrected chi connectivity index (χ2v) is 4.78. The number of ether oxygens (including phenoxy) is 1. The van der Waals surface area contributed by atoms with Crippen molar-refractivity contribution in [2.24, 2.45) is 11.1 Å². The maximum Gasteiger partial charge on any atom is 0.422 e. The zero-order valence-electron chi connectivity index (χ0n) is 9.36. The average Bonchev–Trinajstić information content (AvgIpc) is 2.70. The molecule has 2 rings (SSSR count). The molecule has 0 aromatic heterocycles. The summed E-state index contributed by atoms with van der Waals surface area (Å²) in [6.07, 6.45) is -4.25. The Morgan fingerprint density at radius 1 is 1.67 bits per heavy atom. The Labute approximate surface area is 105 Å². The molecule has 0 amide bonds. The molecule has 2 aliphatic rings. The third-order valence-electron chi connectivity index (χ3n) is 2.52. The van der Waals surface area contributed by atoms with E-state index in [9.17, 15) is 18.0 Å². The Kier molecular flexibility index (Phi) is 3.56. The average molecular weight is 281 g/mol. The number of oxime groups is 1. The van der Waals surface area contributed by atoms with E-state index >= 15 is 0 Å². The predicted molar refractivity (Wildman–Crippen MR) is 59.0 cm³/mol. The summed E-state index contributed by atoms with van der Waals surface area (Å²) < 4.78 is 42.3. The molecule has 0 spiro atoms. The van der Waals surface area contributed by atoms with Gasteiger partial charge in [0.2, 0.25) is 0 Å². The number of carbonyl (C=O) groups is 1. The van der Waals surface area contributed by atoms with Crippen LogP contribution in [-0.4, -0.2) is 36.3 Å². The van der Waals surface area contributed by atoms with Crippen LogP contribution in [0.5, 0.6) is 0 Å². The Morgan fingerprint density at radius 2 is 2.39 bits per heavy atom. The Bertz CT molecular complexity index is 419. The number of nitrogens with zero attached hydrogens (tertiary/aromatic N) is 1. The van der Waals surface area contributed by atoms with Crippen LogP contribution in [0.4, 0.5) is 13.2 Å². The molecule has 0 aromatic rings. The number of allylic oxidation sites excluding steroid dienone is 1. The van der Waals surface area contributed by atoms with Gasteiger partial charge in [-0.25, -0.2) is 4.79 Å². The third-order valence-corrected chi connectivity index (χ3v) is 3.72. The fraction of sp³-hybridized carbons (Fsp3) is 0.600. The lowest BCUT2D eigenvalue weighted by molar-refractivity contribution is -0.135. The van der Waals surface area contributed by atoms with E-state index in [1.165, 1.54) is 0 Å². The molecule has 0 radical (unpaired) electrons. The maximum absolute atomic E-state index is 12.5. The Morgan fingerprint density at radius 3 is 3.00 bits per heavy atom. The lowest BCUT2D eigenvalue weighted by atomic mass is 9.98. The molecule has 8 heteroatoms. The van der Waals surface area contributed by atoms with Crippen LogP contribution in [0, 0.1) is 5.92 Å². The highest BCUT2D eigenvalue weighted by molar-refractivity contribution is 8.03. The molecule has 2 heterocycles. The molecule has 18 heavy (non-hydrogen) atoms. The van der Waals surface area contributed by atoms with Crippen LogP contribution in [0.25, 0.3) is 0 Å². The van der Waals surface area contributed by atoms with Crippen molar-refractivity contribution in [2.75, 3.05) is 12.4 Å². The van der Waals surface area contributed by atoms with Crippen molar-refractivity contribution in [3.05, 3.63) is 11.0 Å². The molecule has 0 aromatic carbocycles. The topological polar surface area (TPSA) is 47.9 Å². The second kappa shape index (κ2) is 4.83. The minimum atomic E-state index is -4.38. The SMILES string of the molecule is CCOC(=O)C1=NO[C@H]2C=C(C(F)(F)F)SC[C@@H]12. The summed E-state index contributed by atoms with van der Waals surface area (Å²) in [5.41, 5.74) is 0.0619. The predicted octanol–water partition coefficient (Wildman–Crippen LogP) is 2.11. The first kappa shape index (κ1) is 13.3. The zero-order chi connectivity index (χ0) is 13.3. The standard InChI is InChI=1S/C10H10F3NO3S/c1-2-16-9(15)8-5-4-18-7(10(11,12)13)3-6(5)17-14-8/h3,5-6H,2,4H2,1H3/t5-,6+/m1/s1. The van der Waals surface area contributed by atoms with E-state index in [0.717, 1.165) is 6.08 Å². The van der Waals surface area contributed by atoms with Crippen molar-refractivity contribution in [1.29, 1.82) is 0 Å². The number of hydrogen-bond acceptors (Lipinski definition) is 5. The van der Waals surface area contributed by atoms with Gasteiger partial charge in [0, 0.05) is 5.75 Å². The highest BCUT2D eigenvalue weighted by Gasteiger charge is 2.45. The van der Waals surface area contributed by atoms with Crippen molar-refractivity contribution in [1.82, 2.24) is 0 Å². The summed E-state index contributed by atoms with van der Waals surface area (Å²) in [7, 11) is 0. The number of halogens is 3. The van der Waals surface area contributed by atoms with Gasteiger partial charge in [-0.2, -0.15) is 13.2 Å². The van der Waals surface area contributed by atoms with Crippen LogP contribution < -0.4 is 0 Å². The molecule has 2 aliphatic heterocycles. The zero-order valence-corrected chi connectivity index (χ0v) is 10.2. The summed E-state index contributed by atoms with van der Waals surface area (Å²) in [6, 6.07) is 0. The van der Waals surface area contributed by atoms with E-state index in [0.29, 0.717) is 11.8 Å². The molecule has 0 fully saturated rings. The normalized spacial score (nSPS) is 26.9. The molecule has 0 saturated heterocycles. The van der Waals surface area contributed by atoms with E-state index in [1.807, 2.05) is 0 Å². The quantitative estimate of drug-likeness (QED) is 0.727. The van der Waals surface area contributed by atoms with Gasteiger partial charge in [0.05, 0.1) is 17.4 Å². The molecule has 0 bridgehead atoms. The van der Waals surface area contributed by atoms with Crippen molar-refractivity contribution < 1.29 is 27.5 Å². The van der Waals surface area contributed by atoms with Gasteiger partial charge in [-0.1, -0.05) is 5.16 Å². The minimum absolute atomic E-state index is 0.0619. The smallest absolute Gasteiger partial charge is 0.422 e. The van der Waals surface area contributed by atoms with Crippen molar-refractivity contribution in [3.63, 3.8) is 0 Å². The van der Waals surface area contributed by atoms with Gasteiger partial charge in [-0.15, -0.1) is 11.8 Å².